The van der Waals surface area contributed by atoms with E-state index in [2.05, 4.69) is 30.1 Å². The first-order chi connectivity index (χ1) is 12.1. The molecule has 0 N–H and O–H groups in total. The highest BCUT2D eigenvalue weighted by atomic mass is 32.1. The van der Waals surface area contributed by atoms with Crippen molar-refractivity contribution in [2.45, 2.75) is 20.4 Å². The Morgan fingerprint density at radius 1 is 1.16 bits per heavy atom. The zero-order valence-electron chi connectivity index (χ0n) is 14.7. The third kappa shape index (κ3) is 3.17. The van der Waals surface area contributed by atoms with Gasteiger partial charge < -0.3 is 14.0 Å². The van der Waals surface area contributed by atoms with E-state index in [1.54, 1.807) is 18.2 Å². The van der Waals surface area contributed by atoms with Crippen molar-refractivity contribution >= 4 is 27.5 Å². The molecule has 3 aromatic rings. The zero-order chi connectivity index (χ0) is 18.0. The quantitative estimate of drug-likeness (QED) is 0.715. The average molecular weight is 356 g/mol. The molecule has 0 aliphatic heterocycles. The van der Waals surface area contributed by atoms with Gasteiger partial charge in [0, 0.05) is 6.54 Å². The van der Waals surface area contributed by atoms with Crippen LogP contribution < -0.4 is 14.3 Å². The van der Waals surface area contributed by atoms with Crippen LogP contribution in [0.2, 0.25) is 0 Å². The Hall–Kier alpha value is -2.60. The molecule has 0 saturated carbocycles. The van der Waals surface area contributed by atoms with E-state index >= 15 is 0 Å². The first-order valence-electron chi connectivity index (χ1n) is 7.99. The van der Waals surface area contributed by atoms with Crippen molar-refractivity contribution in [3.63, 3.8) is 0 Å². The first-order valence-corrected chi connectivity index (χ1v) is 8.80. The molecule has 1 amide bonds. The number of thiazole rings is 1. The Bertz CT molecular complexity index is 979. The maximum Gasteiger partial charge on any atom is 0.287 e. The molecule has 0 unspecified atom stereocenters. The molecule has 0 aliphatic carbocycles. The fourth-order valence-electron chi connectivity index (χ4n) is 2.78. The minimum absolute atomic E-state index is 0.337. The van der Waals surface area contributed by atoms with Gasteiger partial charge >= 0.3 is 0 Å². The van der Waals surface area contributed by atoms with E-state index in [9.17, 15) is 4.79 Å². The highest BCUT2D eigenvalue weighted by molar-refractivity contribution is 7.16. The van der Waals surface area contributed by atoms with Crippen LogP contribution in [0.15, 0.2) is 41.4 Å². The Kier molecular flexibility index (Phi) is 4.90. The number of aryl methyl sites for hydroxylation is 2. The van der Waals surface area contributed by atoms with E-state index in [0.29, 0.717) is 21.9 Å². The predicted octanol–water partition coefficient (Wildman–Crippen LogP) is 3.79. The summed E-state index contributed by atoms with van der Waals surface area (Å²) in [5.74, 6) is 0.529. The summed E-state index contributed by atoms with van der Waals surface area (Å²) in [5, 5.41) is 0. The number of amides is 1. The van der Waals surface area contributed by atoms with Crippen molar-refractivity contribution in [2.75, 3.05) is 14.2 Å². The van der Waals surface area contributed by atoms with Gasteiger partial charge in [-0.1, -0.05) is 23.5 Å². The molecule has 6 heteroatoms. The lowest BCUT2D eigenvalue weighted by Gasteiger charge is -2.09. The van der Waals surface area contributed by atoms with E-state index in [4.69, 9.17) is 9.47 Å². The molecule has 3 rings (SSSR count). The van der Waals surface area contributed by atoms with Crippen molar-refractivity contribution in [2.24, 2.45) is 4.99 Å². The van der Waals surface area contributed by atoms with Gasteiger partial charge in [-0.25, -0.2) is 0 Å². The molecule has 2 aromatic carbocycles. The monoisotopic (exact) mass is 356 g/mol. The number of methoxy groups -OCH3 is 2. The number of benzene rings is 2. The van der Waals surface area contributed by atoms with E-state index in [-0.39, 0.29) is 5.91 Å². The fourth-order valence-corrected chi connectivity index (χ4v) is 3.97. The van der Waals surface area contributed by atoms with Gasteiger partial charge in [0.2, 0.25) is 0 Å². The minimum Gasteiger partial charge on any atom is -0.496 e. The van der Waals surface area contributed by atoms with Crippen LogP contribution in [-0.4, -0.2) is 24.7 Å². The molecule has 130 valence electrons. The summed E-state index contributed by atoms with van der Waals surface area (Å²) < 4.78 is 13.8. The van der Waals surface area contributed by atoms with Crippen molar-refractivity contribution in [1.29, 1.82) is 0 Å². The third-order valence-corrected chi connectivity index (χ3v) is 5.03. The van der Waals surface area contributed by atoms with Crippen LogP contribution in [0.25, 0.3) is 10.2 Å². The van der Waals surface area contributed by atoms with E-state index in [0.717, 1.165) is 16.8 Å². The molecule has 0 bridgehead atoms. The maximum absolute atomic E-state index is 12.9. The standard InChI is InChI=1S/C19H20N2O3S/c1-5-21-13-10-9-12(2)11-16(13)25-19(21)20-18(22)17-14(23-3)7-6-8-15(17)24-4/h6-11H,5H2,1-4H3. The molecule has 0 radical (unpaired) electrons. The summed E-state index contributed by atoms with van der Waals surface area (Å²) in [6, 6.07) is 11.5. The van der Waals surface area contributed by atoms with Crippen LogP contribution in [-0.2, 0) is 6.54 Å². The lowest BCUT2D eigenvalue weighted by atomic mass is 10.1. The molecule has 1 aromatic heterocycles. The zero-order valence-corrected chi connectivity index (χ0v) is 15.5. The summed E-state index contributed by atoms with van der Waals surface area (Å²) in [6.45, 7) is 4.83. The minimum atomic E-state index is -0.375. The van der Waals surface area contributed by atoms with Crippen molar-refractivity contribution in [3.05, 3.63) is 52.3 Å². The van der Waals surface area contributed by atoms with Crippen molar-refractivity contribution in [3.8, 4) is 11.5 Å². The van der Waals surface area contributed by atoms with Gasteiger partial charge in [-0.15, -0.1) is 0 Å². The number of aromatic nitrogens is 1. The predicted molar refractivity (Wildman–Crippen MR) is 99.7 cm³/mol. The molecular formula is C19H20N2O3S. The SMILES string of the molecule is CCn1c(=NC(=O)c2c(OC)cccc2OC)sc2cc(C)ccc21. The largest absolute Gasteiger partial charge is 0.496 e. The lowest BCUT2D eigenvalue weighted by molar-refractivity contribution is 0.0992. The number of carbonyl (C=O) groups excluding carboxylic acids is 1. The number of nitrogens with zero attached hydrogens (tertiary/aromatic N) is 2. The van der Waals surface area contributed by atoms with Crippen LogP contribution in [0.5, 0.6) is 11.5 Å². The van der Waals surface area contributed by atoms with Crippen molar-refractivity contribution < 1.29 is 14.3 Å². The number of fused-ring (bicyclic) bond motifs is 1. The molecule has 0 spiro atoms. The second-order valence-electron chi connectivity index (χ2n) is 5.55. The summed E-state index contributed by atoms with van der Waals surface area (Å²) in [4.78, 5) is 17.9. The normalized spacial score (nSPS) is 11.8. The highest BCUT2D eigenvalue weighted by Gasteiger charge is 2.18. The maximum atomic E-state index is 12.9. The van der Waals surface area contributed by atoms with Crippen LogP contribution in [0.4, 0.5) is 0 Å². The van der Waals surface area contributed by atoms with Gasteiger partial charge in [0.05, 0.1) is 24.4 Å². The molecule has 0 atom stereocenters. The number of hydrogen-bond donors (Lipinski definition) is 0. The lowest BCUT2D eigenvalue weighted by Crippen LogP contribution is -2.16. The van der Waals surface area contributed by atoms with Gasteiger partial charge in [0.25, 0.3) is 5.91 Å². The van der Waals surface area contributed by atoms with Gasteiger partial charge in [0.1, 0.15) is 17.1 Å². The number of rotatable bonds is 4. The summed E-state index contributed by atoms with van der Waals surface area (Å²) in [6.07, 6.45) is 0. The van der Waals surface area contributed by atoms with Gasteiger partial charge in [-0.3, -0.25) is 4.79 Å². The number of carbonyl (C=O) groups is 1. The van der Waals surface area contributed by atoms with Gasteiger partial charge in [0.15, 0.2) is 4.80 Å². The number of ether oxygens (including phenoxy) is 2. The Morgan fingerprint density at radius 3 is 2.44 bits per heavy atom. The smallest absolute Gasteiger partial charge is 0.287 e. The van der Waals surface area contributed by atoms with E-state index in [1.807, 2.05) is 11.5 Å². The van der Waals surface area contributed by atoms with E-state index in [1.165, 1.54) is 31.1 Å². The molecule has 25 heavy (non-hydrogen) atoms. The topological polar surface area (TPSA) is 52.8 Å². The molecule has 0 aliphatic rings. The van der Waals surface area contributed by atoms with Gasteiger partial charge in [-0.2, -0.15) is 4.99 Å². The van der Waals surface area contributed by atoms with E-state index < -0.39 is 0 Å². The Labute approximate surface area is 150 Å². The second kappa shape index (κ2) is 7.11. The second-order valence-corrected chi connectivity index (χ2v) is 6.56. The average Bonchev–Trinajstić information content (AvgIpc) is 2.96. The Balaban J connectivity index is 2.19. The molecule has 1 heterocycles. The van der Waals surface area contributed by atoms with Crippen LogP contribution >= 0.6 is 11.3 Å². The third-order valence-electron chi connectivity index (χ3n) is 3.99. The van der Waals surface area contributed by atoms with Crippen molar-refractivity contribution in [1.82, 2.24) is 4.57 Å². The molecular weight excluding hydrogens is 336 g/mol. The summed E-state index contributed by atoms with van der Waals surface area (Å²) in [7, 11) is 3.06. The van der Waals surface area contributed by atoms with Crippen LogP contribution in [0, 0.1) is 6.92 Å². The van der Waals surface area contributed by atoms with Crippen LogP contribution in [0.3, 0.4) is 0 Å². The molecule has 0 saturated heterocycles. The summed E-state index contributed by atoms with van der Waals surface area (Å²) >= 11 is 1.51. The molecule has 5 nitrogen and oxygen atoms in total. The highest BCUT2D eigenvalue weighted by Crippen LogP contribution is 2.29. The molecule has 0 fully saturated rings. The first kappa shape index (κ1) is 17.2. The number of hydrogen-bond acceptors (Lipinski definition) is 4. The van der Waals surface area contributed by atoms with Crippen LogP contribution in [0.1, 0.15) is 22.8 Å². The fraction of sp³-hybridized carbons (Fsp3) is 0.263. The summed E-state index contributed by atoms with van der Waals surface area (Å²) in [5.41, 5.74) is 2.60. The van der Waals surface area contributed by atoms with Gasteiger partial charge in [-0.05, 0) is 43.7 Å². The Morgan fingerprint density at radius 2 is 1.84 bits per heavy atom.